The standard InChI is InChI=1S/C30H19N3/c1-32-29-23(31-30(32)18-9-3-2-4-10-18)16-15-19-17-22-20-11-5-7-13-24(20)33-25-14-8-6-12-21(25)27(26(19)29)28(22)33/h2-17H,1H3. The van der Waals surface area contributed by atoms with Gasteiger partial charge in [-0.15, -0.1) is 0 Å². The number of benzene rings is 5. The first kappa shape index (κ1) is 17.2. The van der Waals surface area contributed by atoms with E-state index < -0.39 is 0 Å². The SMILES string of the molecule is Cn1c(-c2ccccc2)nc2ccc3cc4c5ccccc5n5c6ccccc6c(c3c21)c45. The van der Waals surface area contributed by atoms with Crippen LogP contribution in [0, 0.1) is 0 Å². The quantitative estimate of drug-likeness (QED) is 0.268. The smallest absolute Gasteiger partial charge is 0.140 e. The van der Waals surface area contributed by atoms with Gasteiger partial charge in [-0.2, -0.15) is 0 Å². The number of aryl methyl sites for hydroxylation is 1. The fourth-order valence-electron chi connectivity index (χ4n) is 5.87. The molecule has 0 fully saturated rings. The summed E-state index contributed by atoms with van der Waals surface area (Å²) in [5.74, 6) is 0.997. The van der Waals surface area contributed by atoms with Gasteiger partial charge in [-0.05, 0) is 29.7 Å². The molecular formula is C30H19N3. The number of para-hydroxylation sites is 2. The van der Waals surface area contributed by atoms with Crippen LogP contribution in [0.15, 0.2) is 97.1 Å². The predicted octanol–water partition coefficient (Wildman–Crippen LogP) is 7.54. The van der Waals surface area contributed by atoms with E-state index in [1.807, 2.05) is 0 Å². The van der Waals surface area contributed by atoms with E-state index in [2.05, 4.69) is 113 Å². The topological polar surface area (TPSA) is 22.2 Å². The van der Waals surface area contributed by atoms with E-state index in [0.29, 0.717) is 0 Å². The van der Waals surface area contributed by atoms with Gasteiger partial charge in [0.1, 0.15) is 5.82 Å². The van der Waals surface area contributed by atoms with Crippen molar-refractivity contribution in [2.24, 2.45) is 7.05 Å². The maximum atomic E-state index is 5.06. The van der Waals surface area contributed by atoms with E-state index in [-0.39, 0.29) is 0 Å². The van der Waals surface area contributed by atoms with Crippen molar-refractivity contribution >= 4 is 59.9 Å². The third-order valence-corrected chi connectivity index (χ3v) is 7.22. The predicted molar refractivity (Wildman–Crippen MR) is 138 cm³/mol. The Labute approximate surface area is 189 Å². The minimum atomic E-state index is 0.997. The highest BCUT2D eigenvalue weighted by Gasteiger charge is 2.22. The van der Waals surface area contributed by atoms with E-state index >= 15 is 0 Å². The van der Waals surface area contributed by atoms with Gasteiger partial charge in [-0.25, -0.2) is 4.98 Å². The van der Waals surface area contributed by atoms with E-state index in [4.69, 9.17) is 4.98 Å². The Morgan fingerprint density at radius 3 is 2.12 bits per heavy atom. The minimum Gasteiger partial charge on any atom is -0.327 e. The molecule has 0 saturated carbocycles. The zero-order chi connectivity index (χ0) is 21.7. The number of aromatic nitrogens is 3. The molecule has 3 heteroatoms. The summed E-state index contributed by atoms with van der Waals surface area (Å²) in [5.41, 5.74) is 7.19. The average molecular weight is 422 g/mol. The average Bonchev–Trinajstić information content (AvgIpc) is 3.50. The Morgan fingerprint density at radius 2 is 1.30 bits per heavy atom. The molecule has 3 aromatic heterocycles. The maximum absolute atomic E-state index is 5.06. The van der Waals surface area contributed by atoms with Crippen LogP contribution in [0.25, 0.3) is 71.3 Å². The molecule has 33 heavy (non-hydrogen) atoms. The lowest BCUT2D eigenvalue weighted by Crippen LogP contribution is -1.93. The van der Waals surface area contributed by atoms with Crippen LogP contribution >= 0.6 is 0 Å². The van der Waals surface area contributed by atoms with Gasteiger partial charge in [0, 0.05) is 39.5 Å². The molecule has 8 aromatic rings. The molecule has 0 aliphatic carbocycles. The summed E-state index contributed by atoms with van der Waals surface area (Å²) in [5, 5.41) is 7.78. The van der Waals surface area contributed by atoms with Crippen molar-refractivity contribution in [2.45, 2.75) is 0 Å². The number of nitrogens with zero attached hydrogens (tertiary/aromatic N) is 3. The van der Waals surface area contributed by atoms with Crippen LogP contribution in [0.5, 0.6) is 0 Å². The summed E-state index contributed by atoms with van der Waals surface area (Å²) >= 11 is 0. The van der Waals surface area contributed by atoms with Crippen LogP contribution in [0.4, 0.5) is 0 Å². The second-order valence-electron chi connectivity index (χ2n) is 8.91. The van der Waals surface area contributed by atoms with Gasteiger partial charge in [0.25, 0.3) is 0 Å². The first-order chi connectivity index (χ1) is 16.3. The van der Waals surface area contributed by atoms with Crippen LogP contribution in [0.2, 0.25) is 0 Å². The molecular weight excluding hydrogens is 402 g/mol. The molecule has 0 saturated heterocycles. The van der Waals surface area contributed by atoms with Crippen molar-refractivity contribution in [3.63, 3.8) is 0 Å². The van der Waals surface area contributed by atoms with Crippen molar-refractivity contribution in [2.75, 3.05) is 0 Å². The molecule has 0 aliphatic rings. The Balaban J connectivity index is 1.68. The van der Waals surface area contributed by atoms with Crippen LogP contribution in [-0.4, -0.2) is 14.0 Å². The Kier molecular flexibility index (Phi) is 3.08. The molecule has 3 nitrogen and oxygen atoms in total. The van der Waals surface area contributed by atoms with Gasteiger partial charge in [0.2, 0.25) is 0 Å². The summed E-state index contributed by atoms with van der Waals surface area (Å²) in [6, 6.07) is 34.8. The molecule has 0 spiro atoms. The van der Waals surface area contributed by atoms with Crippen LogP contribution in [0.3, 0.4) is 0 Å². The summed E-state index contributed by atoms with van der Waals surface area (Å²) < 4.78 is 4.71. The van der Waals surface area contributed by atoms with Gasteiger partial charge >= 0.3 is 0 Å². The molecule has 8 rings (SSSR count). The summed E-state index contributed by atoms with van der Waals surface area (Å²) in [7, 11) is 2.14. The lowest BCUT2D eigenvalue weighted by Gasteiger charge is -2.07. The molecule has 0 radical (unpaired) electrons. The third-order valence-electron chi connectivity index (χ3n) is 7.22. The Hall–Kier alpha value is -4.37. The van der Waals surface area contributed by atoms with Gasteiger partial charge in [0.15, 0.2) is 0 Å². The minimum absolute atomic E-state index is 0.997. The Bertz CT molecular complexity index is 2020. The number of rotatable bonds is 1. The fraction of sp³-hybridized carbons (Fsp3) is 0.0333. The summed E-state index contributed by atoms with van der Waals surface area (Å²) in [6.45, 7) is 0. The van der Waals surface area contributed by atoms with E-state index in [1.165, 1.54) is 54.4 Å². The lowest BCUT2D eigenvalue weighted by molar-refractivity contribution is 0.963. The molecule has 0 bridgehead atoms. The second-order valence-corrected chi connectivity index (χ2v) is 8.91. The highest BCUT2D eigenvalue weighted by Crippen LogP contribution is 2.45. The van der Waals surface area contributed by atoms with Crippen molar-refractivity contribution in [1.29, 1.82) is 0 Å². The molecule has 0 N–H and O–H groups in total. The van der Waals surface area contributed by atoms with Crippen molar-refractivity contribution in [3.8, 4) is 11.4 Å². The largest absolute Gasteiger partial charge is 0.327 e. The number of imidazole rings is 1. The summed E-state index contributed by atoms with van der Waals surface area (Å²) in [6.07, 6.45) is 0. The highest BCUT2D eigenvalue weighted by atomic mass is 15.1. The third kappa shape index (κ3) is 2.03. The zero-order valence-corrected chi connectivity index (χ0v) is 18.1. The van der Waals surface area contributed by atoms with Crippen molar-refractivity contribution in [3.05, 3.63) is 97.1 Å². The first-order valence-corrected chi connectivity index (χ1v) is 11.3. The normalized spacial score (nSPS) is 12.4. The van der Waals surface area contributed by atoms with E-state index in [1.54, 1.807) is 0 Å². The van der Waals surface area contributed by atoms with Gasteiger partial charge in [0.05, 0.1) is 27.6 Å². The van der Waals surface area contributed by atoms with E-state index in [0.717, 1.165) is 16.9 Å². The molecule has 0 amide bonds. The zero-order valence-electron chi connectivity index (χ0n) is 18.1. The van der Waals surface area contributed by atoms with Gasteiger partial charge in [-0.1, -0.05) is 72.8 Å². The second kappa shape index (κ2) is 5.90. The lowest BCUT2D eigenvalue weighted by atomic mass is 9.99. The molecule has 0 atom stereocenters. The molecule has 154 valence electrons. The number of hydrogen-bond donors (Lipinski definition) is 0. The van der Waals surface area contributed by atoms with Crippen molar-refractivity contribution in [1.82, 2.24) is 14.0 Å². The van der Waals surface area contributed by atoms with Crippen LogP contribution < -0.4 is 0 Å². The maximum Gasteiger partial charge on any atom is 0.140 e. The van der Waals surface area contributed by atoms with Gasteiger partial charge in [-0.3, -0.25) is 0 Å². The fourth-order valence-corrected chi connectivity index (χ4v) is 5.87. The number of hydrogen-bond acceptors (Lipinski definition) is 1. The van der Waals surface area contributed by atoms with E-state index in [9.17, 15) is 0 Å². The number of fused-ring (bicyclic) bond motifs is 10. The highest BCUT2D eigenvalue weighted by molar-refractivity contribution is 6.34. The molecule has 0 unspecified atom stereocenters. The Morgan fingerprint density at radius 1 is 0.606 bits per heavy atom. The monoisotopic (exact) mass is 421 g/mol. The molecule has 0 aliphatic heterocycles. The van der Waals surface area contributed by atoms with Crippen LogP contribution in [-0.2, 0) is 7.05 Å². The van der Waals surface area contributed by atoms with Crippen LogP contribution in [0.1, 0.15) is 0 Å². The first-order valence-electron chi connectivity index (χ1n) is 11.3. The van der Waals surface area contributed by atoms with Gasteiger partial charge < -0.3 is 8.97 Å². The summed E-state index contributed by atoms with van der Waals surface area (Å²) in [4.78, 5) is 5.06. The van der Waals surface area contributed by atoms with Crippen molar-refractivity contribution < 1.29 is 0 Å². The molecule has 3 heterocycles. The molecule has 5 aromatic carbocycles.